The summed E-state index contributed by atoms with van der Waals surface area (Å²) in [4.78, 5) is 12.0. The molecule has 112 valence electrons. The Morgan fingerprint density at radius 3 is 2.65 bits per heavy atom. The number of carbonyl (C=O) groups excluding carboxylic acids is 1. The number of amides is 1. The fourth-order valence-electron chi connectivity index (χ4n) is 1.81. The van der Waals surface area contributed by atoms with Crippen molar-refractivity contribution < 1.29 is 18.3 Å². The number of rotatable bonds is 7. The fraction of sp³-hybridized carbons (Fsp3) is 0.500. The Hall–Kier alpha value is -1.36. The van der Waals surface area contributed by atoms with Gasteiger partial charge in [-0.15, -0.1) is 11.6 Å². The van der Waals surface area contributed by atoms with Crippen LogP contribution in [-0.4, -0.2) is 24.4 Å². The first-order chi connectivity index (χ1) is 9.42. The summed E-state index contributed by atoms with van der Waals surface area (Å²) in [6.07, 6.45) is 0.752. The van der Waals surface area contributed by atoms with E-state index in [-0.39, 0.29) is 23.3 Å². The average molecular weight is 306 g/mol. The molecule has 20 heavy (non-hydrogen) atoms. The molecule has 6 heteroatoms. The number of ether oxygens (including phenoxy) is 1. The topological polar surface area (TPSA) is 38.3 Å². The van der Waals surface area contributed by atoms with Gasteiger partial charge in [-0.2, -0.15) is 8.78 Å². The third kappa shape index (κ3) is 5.74. The molecule has 1 N–H and O–H groups in total. The van der Waals surface area contributed by atoms with Crippen molar-refractivity contribution >= 4 is 17.5 Å². The monoisotopic (exact) mass is 305 g/mol. The summed E-state index contributed by atoms with van der Waals surface area (Å²) in [5.74, 6) is 0.305. The van der Waals surface area contributed by atoms with Crippen molar-refractivity contribution in [2.24, 2.45) is 5.92 Å². The van der Waals surface area contributed by atoms with Gasteiger partial charge in [0.25, 0.3) is 5.91 Å². The van der Waals surface area contributed by atoms with Gasteiger partial charge in [-0.3, -0.25) is 4.79 Å². The molecule has 1 atom stereocenters. The molecule has 1 amide bonds. The maximum Gasteiger partial charge on any atom is 0.387 e. The van der Waals surface area contributed by atoms with E-state index in [9.17, 15) is 13.6 Å². The van der Waals surface area contributed by atoms with Crippen LogP contribution >= 0.6 is 11.6 Å². The fourth-order valence-corrected chi connectivity index (χ4v) is 2.01. The number of halogens is 3. The average Bonchev–Trinajstić information content (AvgIpc) is 2.36. The SMILES string of the molecule is CC(C)CC(CCl)NC(=O)c1cccc(OC(F)F)c1. The van der Waals surface area contributed by atoms with Crippen LogP contribution < -0.4 is 10.1 Å². The Bertz CT molecular complexity index is 441. The minimum absolute atomic E-state index is 0.0427. The maximum absolute atomic E-state index is 12.1. The normalized spacial score (nSPS) is 12.6. The summed E-state index contributed by atoms with van der Waals surface area (Å²) >= 11 is 5.80. The maximum atomic E-state index is 12.1. The van der Waals surface area contributed by atoms with Gasteiger partial charge in [0, 0.05) is 17.5 Å². The van der Waals surface area contributed by atoms with Crippen molar-refractivity contribution in [1.29, 1.82) is 0 Å². The van der Waals surface area contributed by atoms with Gasteiger partial charge in [0.1, 0.15) is 5.75 Å². The Morgan fingerprint density at radius 2 is 2.10 bits per heavy atom. The van der Waals surface area contributed by atoms with Crippen molar-refractivity contribution in [2.45, 2.75) is 32.9 Å². The summed E-state index contributed by atoms with van der Waals surface area (Å²) in [6.45, 7) is 1.15. The molecule has 0 aliphatic carbocycles. The van der Waals surface area contributed by atoms with E-state index in [0.717, 1.165) is 6.42 Å². The highest BCUT2D eigenvalue weighted by Crippen LogP contribution is 2.16. The summed E-state index contributed by atoms with van der Waals surface area (Å²) < 4.78 is 28.5. The first-order valence-corrected chi connectivity index (χ1v) is 6.87. The molecule has 0 spiro atoms. The van der Waals surface area contributed by atoms with Gasteiger partial charge in [0.05, 0.1) is 0 Å². The zero-order valence-corrected chi connectivity index (χ0v) is 12.2. The summed E-state index contributed by atoms with van der Waals surface area (Å²) in [6, 6.07) is 5.53. The van der Waals surface area contributed by atoms with Crippen LogP contribution in [0.25, 0.3) is 0 Å². The number of hydrogen-bond donors (Lipinski definition) is 1. The zero-order chi connectivity index (χ0) is 15.1. The molecule has 0 fully saturated rings. The number of alkyl halides is 3. The van der Waals surface area contributed by atoms with E-state index in [1.165, 1.54) is 24.3 Å². The molecule has 0 aromatic heterocycles. The van der Waals surface area contributed by atoms with Crippen LogP contribution in [0.1, 0.15) is 30.6 Å². The van der Waals surface area contributed by atoms with E-state index in [2.05, 4.69) is 10.1 Å². The first kappa shape index (κ1) is 16.7. The molecule has 0 bridgehead atoms. The largest absolute Gasteiger partial charge is 0.435 e. The second kappa shape index (κ2) is 8.04. The first-order valence-electron chi connectivity index (χ1n) is 6.34. The quantitative estimate of drug-likeness (QED) is 0.781. The number of hydrogen-bond acceptors (Lipinski definition) is 2. The molecular formula is C14H18ClF2NO2. The molecule has 1 rings (SSSR count). The van der Waals surface area contributed by atoms with Crippen LogP contribution in [0.5, 0.6) is 5.75 Å². The van der Waals surface area contributed by atoms with Gasteiger partial charge < -0.3 is 10.1 Å². The van der Waals surface area contributed by atoms with E-state index in [1.807, 2.05) is 13.8 Å². The smallest absolute Gasteiger partial charge is 0.387 e. The lowest BCUT2D eigenvalue weighted by molar-refractivity contribution is -0.0498. The third-order valence-corrected chi connectivity index (χ3v) is 2.97. The molecule has 0 heterocycles. The number of nitrogens with one attached hydrogen (secondary N) is 1. The Balaban J connectivity index is 2.71. The zero-order valence-electron chi connectivity index (χ0n) is 11.4. The number of carbonyl (C=O) groups is 1. The van der Waals surface area contributed by atoms with Gasteiger partial charge in [-0.05, 0) is 30.5 Å². The highest BCUT2D eigenvalue weighted by molar-refractivity contribution is 6.18. The van der Waals surface area contributed by atoms with Crippen LogP contribution in [0.2, 0.25) is 0 Å². The van der Waals surface area contributed by atoms with Gasteiger partial charge >= 0.3 is 6.61 Å². The van der Waals surface area contributed by atoms with Crippen LogP contribution in [0.4, 0.5) is 8.78 Å². The Labute approximate surface area is 122 Å². The lowest BCUT2D eigenvalue weighted by Crippen LogP contribution is -2.37. The van der Waals surface area contributed by atoms with Gasteiger partial charge in [-0.25, -0.2) is 0 Å². The van der Waals surface area contributed by atoms with Crippen LogP contribution in [0.15, 0.2) is 24.3 Å². The van der Waals surface area contributed by atoms with E-state index in [1.54, 1.807) is 0 Å². The molecule has 1 unspecified atom stereocenters. The number of benzene rings is 1. The highest BCUT2D eigenvalue weighted by atomic mass is 35.5. The predicted octanol–water partition coefficient (Wildman–Crippen LogP) is 3.67. The molecule has 0 aliphatic heterocycles. The van der Waals surface area contributed by atoms with Crippen molar-refractivity contribution in [2.75, 3.05) is 5.88 Å². The second-order valence-corrected chi connectivity index (χ2v) is 5.17. The van der Waals surface area contributed by atoms with Crippen molar-refractivity contribution in [3.63, 3.8) is 0 Å². The molecule has 1 aromatic rings. The van der Waals surface area contributed by atoms with Crippen LogP contribution in [-0.2, 0) is 0 Å². The molecule has 3 nitrogen and oxygen atoms in total. The van der Waals surface area contributed by atoms with Gasteiger partial charge in [0.2, 0.25) is 0 Å². The Kier molecular flexibility index (Phi) is 6.71. The molecular weight excluding hydrogens is 288 g/mol. The van der Waals surface area contributed by atoms with Crippen molar-refractivity contribution in [3.05, 3.63) is 29.8 Å². The summed E-state index contributed by atoms with van der Waals surface area (Å²) in [5.41, 5.74) is 0.266. The lowest BCUT2D eigenvalue weighted by atomic mass is 10.0. The van der Waals surface area contributed by atoms with Crippen molar-refractivity contribution in [1.82, 2.24) is 5.32 Å². The standard InChI is InChI=1S/C14H18ClF2NO2/c1-9(2)6-11(8-15)18-13(19)10-4-3-5-12(7-10)20-14(16)17/h3-5,7,9,11,14H,6,8H2,1-2H3,(H,18,19). The van der Waals surface area contributed by atoms with E-state index < -0.39 is 6.61 Å². The molecule has 0 radical (unpaired) electrons. The van der Waals surface area contributed by atoms with Crippen molar-refractivity contribution in [3.8, 4) is 5.75 Å². The van der Waals surface area contributed by atoms with E-state index in [4.69, 9.17) is 11.6 Å². The summed E-state index contributed by atoms with van der Waals surface area (Å²) in [5, 5.41) is 2.78. The minimum atomic E-state index is -2.91. The lowest BCUT2D eigenvalue weighted by Gasteiger charge is -2.18. The summed E-state index contributed by atoms with van der Waals surface area (Å²) in [7, 11) is 0. The minimum Gasteiger partial charge on any atom is -0.435 e. The third-order valence-electron chi connectivity index (χ3n) is 2.60. The second-order valence-electron chi connectivity index (χ2n) is 4.86. The van der Waals surface area contributed by atoms with E-state index in [0.29, 0.717) is 11.8 Å². The van der Waals surface area contributed by atoms with Crippen LogP contribution in [0, 0.1) is 5.92 Å². The molecule has 0 saturated carbocycles. The molecule has 1 aromatic carbocycles. The molecule has 0 aliphatic rings. The molecule has 0 saturated heterocycles. The van der Waals surface area contributed by atoms with Gasteiger partial charge in [-0.1, -0.05) is 19.9 Å². The Morgan fingerprint density at radius 1 is 1.40 bits per heavy atom. The highest BCUT2D eigenvalue weighted by Gasteiger charge is 2.15. The van der Waals surface area contributed by atoms with Crippen LogP contribution in [0.3, 0.4) is 0 Å². The van der Waals surface area contributed by atoms with Gasteiger partial charge in [0.15, 0.2) is 0 Å². The predicted molar refractivity (Wildman–Crippen MR) is 74.5 cm³/mol. The van der Waals surface area contributed by atoms with E-state index >= 15 is 0 Å².